The molecule has 1 heterocycles. The maximum Gasteiger partial charge on any atom is 0.417 e. The van der Waals surface area contributed by atoms with Gasteiger partial charge in [0.2, 0.25) is 5.88 Å². The van der Waals surface area contributed by atoms with E-state index in [2.05, 4.69) is 4.98 Å². The second-order valence-electron chi connectivity index (χ2n) is 5.30. The second kappa shape index (κ2) is 8.37. The number of halogens is 6. The highest BCUT2D eigenvalue weighted by molar-refractivity contribution is 6.55. The predicted molar refractivity (Wildman–Crippen MR) is 95.5 cm³/mol. The van der Waals surface area contributed by atoms with Crippen molar-refractivity contribution in [1.82, 2.24) is 4.98 Å². The molecule has 9 heteroatoms. The minimum absolute atomic E-state index is 0.0985. The monoisotopic (exact) mass is 425 g/mol. The summed E-state index contributed by atoms with van der Waals surface area (Å²) < 4.78 is 49.2. The summed E-state index contributed by atoms with van der Waals surface area (Å²) >= 11 is 16.9. The quantitative estimate of drug-likeness (QED) is 0.523. The number of alkyl halides is 3. The van der Waals surface area contributed by atoms with Gasteiger partial charge in [-0.15, -0.1) is 0 Å². The number of hydrogen-bond acceptors (Lipinski definition) is 3. The molecule has 1 aromatic heterocycles. The summed E-state index contributed by atoms with van der Waals surface area (Å²) in [4.78, 5) is 3.67. The minimum Gasteiger partial charge on any atom is -0.489 e. The number of aromatic nitrogens is 1. The van der Waals surface area contributed by atoms with Crippen LogP contribution in [0.1, 0.15) is 16.7 Å². The Morgan fingerprint density at radius 3 is 2.27 bits per heavy atom. The standard InChI is InChI=1S/C17H13Cl3F3NO2/c1-9-5-12(25-4-3-14(19)20)6-10(2)15(9)26-16-13(18)7-11(8-24-16)17(21,22)23/h3,5-8H,4H2,1-2H3. The summed E-state index contributed by atoms with van der Waals surface area (Å²) in [5.74, 6) is 0.874. The maximum atomic E-state index is 12.7. The van der Waals surface area contributed by atoms with Crippen molar-refractivity contribution in [3.63, 3.8) is 0 Å². The van der Waals surface area contributed by atoms with Gasteiger partial charge in [-0.1, -0.05) is 34.8 Å². The van der Waals surface area contributed by atoms with Gasteiger partial charge >= 0.3 is 6.18 Å². The molecule has 0 spiro atoms. The number of pyridine rings is 1. The molecular weight excluding hydrogens is 414 g/mol. The molecule has 0 saturated carbocycles. The van der Waals surface area contributed by atoms with E-state index >= 15 is 0 Å². The van der Waals surface area contributed by atoms with Crippen LogP contribution < -0.4 is 9.47 Å². The van der Waals surface area contributed by atoms with Crippen LogP contribution in [0.25, 0.3) is 0 Å². The molecule has 26 heavy (non-hydrogen) atoms. The molecule has 0 amide bonds. The zero-order chi connectivity index (χ0) is 19.5. The van der Waals surface area contributed by atoms with Crippen LogP contribution >= 0.6 is 34.8 Å². The average Bonchev–Trinajstić information content (AvgIpc) is 2.50. The molecule has 3 nitrogen and oxygen atoms in total. The van der Waals surface area contributed by atoms with Crippen molar-refractivity contribution in [2.75, 3.05) is 6.61 Å². The molecule has 0 saturated heterocycles. The smallest absolute Gasteiger partial charge is 0.417 e. The molecule has 0 radical (unpaired) electrons. The maximum absolute atomic E-state index is 12.7. The Morgan fingerprint density at radius 1 is 1.15 bits per heavy atom. The van der Waals surface area contributed by atoms with Crippen LogP contribution in [0.4, 0.5) is 13.2 Å². The summed E-state index contributed by atoms with van der Waals surface area (Å²) in [5, 5.41) is -0.235. The Kier molecular flexibility index (Phi) is 6.66. The molecule has 0 atom stereocenters. The molecule has 1 aromatic carbocycles. The van der Waals surface area contributed by atoms with Crippen molar-refractivity contribution >= 4 is 34.8 Å². The first-order valence-corrected chi connectivity index (χ1v) is 8.37. The largest absolute Gasteiger partial charge is 0.489 e. The van der Waals surface area contributed by atoms with Gasteiger partial charge in [0.1, 0.15) is 27.6 Å². The normalized spacial score (nSPS) is 11.2. The fraction of sp³-hybridized carbons (Fsp3) is 0.235. The van der Waals surface area contributed by atoms with Crippen LogP contribution in [0, 0.1) is 13.8 Å². The van der Waals surface area contributed by atoms with Crippen molar-refractivity contribution in [2.45, 2.75) is 20.0 Å². The van der Waals surface area contributed by atoms with Gasteiger partial charge in [0.25, 0.3) is 0 Å². The highest BCUT2D eigenvalue weighted by Crippen LogP contribution is 2.37. The lowest BCUT2D eigenvalue weighted by atomic mass is 10.1. The lowest BCUT2D eigenvalue weighted by molar-refractivity contribution is -0.137. The molecule has 0 fully saturated rings. The molecule has 0 N–H and O–H groups in total. The topological polar surface area (TPSA) is 31.4 Å². The van der Waals surface area contributed by atoms with E-state index in [4.69, 9.17) is 44.3 Å². The number of ether oxygens (including phenoxy) is 2. The highest BCUT2D eigenvalue weighted by Gasteiger charge is 2.32. The zero-order valence-electron chi connectivity index (χ0n) is 13.6. The summed E-state index contributed by atoms with van der Waals surface area (Å²) in [6.07, 6.45) is -2.37. The van der Waals surface area contributed by atoms with Gasteiger partial charge in [-0.2, -0.15) is 13.2 Å². The summed E-state index contributed by atoms with van der Waals surface area (Å²) in [6.45, 7) is 3.71. The van der Waals surface area contributed by atoms with Gasteiger partial charge in [0.15, 0.2) is 0 Å². The average molecular weight is 427 g/mol. The van der Waals surface area contributed by atoms with E-state index in [-0.39, 0.29) is 22.0 Å². The van der Waals surface area contributed by atoms with E-state index < -0.39 is 11.7 Å². The Morgan fingerprint density at radius 2 is 1.77 bits per heavy atom. The SMILES string of the molecule is Cc1cc(OCC=C(Cl)Cl)cc(C)c1Oc1ncc(C(F)(F)F)cc1Cl. The number of hydrogen-bond donors (Lipinski definition) is 0. The van der Waals surface area contributed by atoms with Crippen molar-refractivity contribution in [1.29, 1.82) is 0 Å². The fourth-order valence-electron chi connectivity index (χ4n) is 2.11. The van der Waals surface area contributed by atoms with Crippen LogP contribution in [-0.4, -0.2) is 11.6 Å². The molecule has 0 aliphatic rings. The van der Waals surface area contributed by atoms with Crippen LogP contribution in [-0.2, 0) is 6.18 Å². The van der Waals surface area contributed by atoms with Crippen molar-refractivity contribution < 1.29 is 22.6 Å². The van der Waals surface area contributed by atoms with E-state index in [0.717, 1.165) is 6.07 Å². The van der Waals surface area contributed by atoms with E-state index in [1.165, 1.54) is 6.08 Å². The number of aryl methyl sites for hydroxylation is 2. The van der Waals surface area contributed by atoms with Gasteiger partial charge in [-0.25, -0.2) is 4.98 Å². The molecule has 0 aliphatic carbocycles. The molecule has 2 aromatic rings. The molecule has 0 unspecified atom stereocenters. The first kappa shape index (κ1) is 20.7. The van der Waals surface area contributed by atoms with Crippen LogP contribution in [0.5, 0.6) is 17.4 Å². The second-order valence-corrected chi connectivity index (χ2v) is 6.72. The third-order valence-electron chi connectivity index (χ3n) is 3.25. The molecule has 2 rings (SSSR count). The predicted octanol–water partition coefficient (Wildman–Crippen LogP) is 6.86. The van der Waals surface area contributed by atoms with E-state index in [9.17, 15) is 13.2 Å². The van der Waals surface area contributed by atoms with E-state index in [0.29, 0.717) is 28.8 Å². The van der Waals surface area contributed by atoms with Crippen molar-refractivity contribution in [2.24, 2.45) is 0 Å². The van der Waals surface area contributed by atoms with Crippen molar-refractivity contribution in [3.05, 3.63) is 56.7 Å². The van der Waals surface area contributed by atoms with Crippen LogP contribution in [0.2, 0.25) is 5.02 Å². The summed E-state index contributed by atoms with van der Waals surface area (Å²) in [7, 11) is 0. The Hall–Kier alpha value is -1.63. The van der Waals surface area contributed by atoms with Gasteiger partial charge in [0.05, 0.1) is 5.56 Å². The minimum atomic E-state index is -4.53. The Balaban J connectivity index is 2.23. The number of benzene rings is 1. The third kappa shape index (κ3) is 5.43. The molecule has 0 bridgehead atoms. The van der Waals surface area contributed by atoms with Gasteiger partial charge in [-0.3, -0.25) is 0 Å². The fourth-order valence-corrected chi connectivity index (χ4v) is 2.44. The molecule has 140 valence electrons. The Labute approximate surface area is 163 Å². The number of rotatable bonds is 5. The third-order valence-corrected chi connectivity index (χ3v) is 3.83. The summed E-state index contributed by atoms with van der Waals surface area (Å²) in [5.41, 5.74) is 0.440. The molecule has 0 aliphatic heterocycles. The van der Waals surface area contributed by atoms with Gasteiger partial charge < -0.3 is 9.47 Å². The zero-order valence-corrected chi connectivity index (χ0v) is 15.9. The van der Waals surface area contributed by atoms with Crippen LogP contribution in [0.3, 0.4) is 0 Å². The Bertz CT molecular complexity index is 811. The summed E-state index contributed by atoms with van der Waals surface area (Å²) in [6, 6.07) is 4.18. The van der Waals surface area contributed by atoms with Gasteiger partial charge in [-0.05, 0) is 49.2 Å². The van der Waals surface area contributed by atoms with Crippen molar-refractivity contribution in [3.8, 4) is 17.4 Å². The van der Waals surface area contributed by atoms with Crippen LogP contribution in [0.15, 0.2) is 35.0 Å². The molecular formula is C17H13Cl3F3NO2. The first-order valence-electron chi connectivity index (χ1n) is 7.23. The lowest BCUT2D eigenvalue weighted by Gasteiger charge is -2.15. The number of nitrogens with zero attached hydrogens (tertiary/aromatic N) is 1. The lowest BCUT2D eigenvalue weighted by Crippen LogP contribution is -2.06. The first-order chi connectivity index (χ1) is 12.1. The van der Waals surface area contributed by atoms with E-state index in [1.807, 2.05) is 0 Å². The van der Waals surface area contributed by atoms with E-state index in [1.54, 1.807) is 26.0 Å². The van der Waals surface area contributed by atoms with Gasteiger partial charge in [0, 0.05) is 6.20 Å². The highest BCUT2D eigenvalue weighted by atomic mass is 35.5.